The van der Waals surface area contributed by atoms with Crippen LogP contribution in [0.25, 0.3) is 0 Å². The summed E-state index contributed by atoms with van der Waals surface area (Å²) in [6, 6.07) is 14.7. The summed E-state index contributed by atoms with van der Waals surface area (Å²) in [4.78, 5) is 2.25. The Bertz CT molecular complexity index is 596. The van der Waals surface area contributed by atoms with E-state index in [2.05, 4.69) is 55.4 Å². The Morgan fingerprint density at radius 3 is 2.62 bits per heavy atom. The van der Waals surface area contributed by atoms with Gasteiger partial charge in [0.05, 0.1) is 0 Å². The molecule has 2 aromatic carbocycles. The Labute approximate surface area is 132 Å². The van der Waals surface area contributed by atoms with Crippen molar-refractivity contribution in [2.24, 2.45) is 0 Å². The minimum Gasteiger partial charge on any atom is -0.370 e. The molecule has 0 spiro atoms. The van der Waals surface area contributed by atoms with Crippen molar-refractivity contribution in [2.45, 2.75) is 26.9 Å². The zero-order valence-corrected chi connectivity index (χ0v) is 13.7. The normalized spacial score (nSPS) is 10.7. The Hall–Kier alpha value is -1.51. The highest BCUT2D eigenvalue weighted by Crippen LogP contribution is 2.21. The maximum atomic E-state index is 6.04. The number of anilines is 1. The number of hydrogen-bond donors (Lipinski definition) is 1. The highest BCUT2D eigenvalue weighted by molar-refractivity contribution is 6.30. The van der Waals surface area contributed by atoms with Gasteiger partial charge in [0, 0.05) is 30.8 Å². The van der Waals surface area contributed by atoms with Crippen LogP contribution in [0.1, 0.15) is 23.6 Å². The van der Waals surface area contributed by atoms with Gasteiger partial charge in [0.15, 0.2) is 0 Å². The maximum absolute atomic E-state index is 6.04. The van der Waals surface area contributed by atoms with Gasteiger partial charge in [-0.15, -0.1) is 0 Å². The van der Waals surface area contributed by atoms with Gasteiger partial charge in [0.2, 0.25) is 0 Å². The second-order valence-electron chi connectivity index (χ2n) is 5.38. The third-order valence-electron chi connectivity index (χ3n) is 3.64. The monoisotopic (exact) mass is 302 g/mol. The lowest BCUT2D eigenvalue weighted by Crippen LogP contribution is -2.17. The van der Waals surface area contributed by atoms with E-state index in [9.17, 15) is 0 Å². The molecule has 0 bridgehead atoms. The van der Waals surface area contributed by atoms with E-state index in [4.69, 9.17) is 11.6 Å². The summed E-state index contributed by atoms with van der Waals surface area (Å²) in [5.74, 6) is 0. The van der Waals surface area contributed by atoms with Crippen LogP contribution in [0.15, 0.2) is 42.5 Å². The van der Waals surface area contributed by atoms with E-state index in [1.54, 1.807) is 0 Å². The summed E-state index contributed by atoms with van der Waals surface area (Å²) < 4.78 is 0. The molecule has 0 saturated carbocycles. The van der Waals surface area contributed by atoms with Gasteiger partial charge in [-0.1, -0.05) is 36.7 Å². The second-order valence-corrected chi connectivity index (χ2v) is 5.81. The molecule has 0 unspecified atom stereocenters. The molecule has 1 N–H and O–H groups in total. The van der Waals surface area contributed by atoms with E-state index in [1.165, 1.54) is 22.4 Å². The topological polar surface area (TPSA) is 15.3 Å². The van der Waals surface area contributed by atoms with Crippen LogP contribution in [0.4, 0.5) is 5.69 Å². The third kappa shape index (κ3) is 4.48. The molecule has 0 fully saturated rings. The van der Waals surface area contributed by atoms with Crippen LogP contribution >= 0.6 is 11.6 Å². The van der Waals surface area contributed by atoms with Gasteiger partial charge in [-0.2, -0.15) is 0 Å². The predicted molar refractivity (Wildman–Crippen MR) is 92.1 cm³/mol. The van der Waals surface area contributed by atoms with Crippen molar-refractivity contribution >= 4 is 17.3 Å². The minimum atomic E-state index is 0.790. The third-order valence-corrected chi connectivity index (χ3v) is 3.88. The van der Waals surface area contributed by atoms with Gasteiger partial charge in [0.1, 0.15) is 0 Å². The van der Waals surface area contributed by atoms with Crippen LogP contribution in [-0.2, 0) is 13.1 Å². The first-order valence-electron chi connectivity index (χ1n) is 7.36. The van der Waals surface area contributed by atoms with Gasteiger partial charge < -0.3 is 10.2 Å². The first kappa shape index (κ1) is 15.9. The molecule has 2 aromatic rings. The zero-order chi connectivity index (χ0) is 15.2. The average Bonchev–Trinajstić information content (AvgIpc) is 2.46. The first-order valence-corrected chi connectivity index (χ1v) is 7.73. The number of hydrogen-bond acceptors (Lipinski definition) is 2. The van der Waals surface area contributed by atoms with Crippen LogP contribution in [0.2, 0.25) is 5.02 Å². The minimum absolute atomic E-state index is 0.790. The van der Waals surface area contributed by atoms with Crippen molar-refractivity contribution in [1.29, 1.82) is 0 Å². The lowest BCUT2D eigenvalue weighted by atomic mass is 10.1. The highest BCUT2D eigenvalue weighted by Gasteiger charge is 2.05. The molecule has 2 nitrogen and oxygen atoms in total. The zero-order valence-electron chi connectivity index (χ0n) is 13.0. The molecule has 0 aromatic heterocycles. The van der Waals surface area contributed by atoms with Gasteiger partial charge in [-0.25, -0.2) is 0 Å². The molecular formula is C18H23ClN2. The molecular weight excluding hydrogens is 280 g/mol. The molecule has 0 heterocycles. The van der Waals surface area contributed by atoms with Crippen molar-refractivity contribution in [3.8, 4) is 0 Å². The van der Waals surface area contributed by atoms with Crippen LogP contribution in [0.5, 0.6) is 0 Å². The fourth-order valence-electron chi connectivity index (χ4n) is 2.38. The van der Waals surface area contributed by atoms with Crippen molar-refractivity contribution in [2.75, 3.05) is 18.5 Å². The van der Waals surface area contributed by atoms with Crippen LogP contribution < -0.4 is 10.2 Å². The van der Waals surface area contributed by atoms with E-state index in [1.807, 2.05) is 18.2 Å². The van der Waals surface area contributed by atoms with E-state index in [0.29, 0.717) is 0 Å². The molecule has 3 heteroatoms. The molecule has 0 aliphatic heterocycles. The standard InChI is InChI=1S/C18H23ClN2/c1-4-20-12-16-8-9-18(10-14(16)2)21(3)13-15-6-5-7-17(19)11-15/h5-11,20H,4,12-13H2,1-3H3. The van der Waals surface area contributed by atoms with Crippen LogP contribution in [0, 0.1) is 6.92 Å². The van der Waals surface area contributed by atoms with E-state index in [-0.39, 0.29) is 0 Å². The van der Waals surface area contributed by atoms with E-state index >= 15 is 0 Å². The Morgan fingerprint density at radius 2 is 1.95 bits per heavy atom. The molecule has 0 aliphatic rings. The molecule has 0 atom stereocenters. The fourth-order valence-corrected chi connectivity index (χ4v) is 2.59. The lowest BCUT2D eigenvalue weighted by Gasteiger charge is -2.21. The summed E-state index contributed by atoms with van der Waals surface area (Å²) in [7, 11) is 2.11. The number of halogens is 1. The van der Waals surface area contributed by atoms with Gasteiger partial charge in [-0.3, -0.25) is 0 Å². The van der Waals surface area contributed by atoms with Gasteiger partial charge >= 0.3 is 0 Å². The van der Waals surface area contributed by atoms with E-state index < -0.39 is 0 Å². The number of rotatable bonds is 6. The SMILES string of the molecule is CCNCc1ccc(N(C)Cc2cccc(Cl)c2)cc1C. The van der Waals surface area contributed by atoms with E-state index in [0.717, 1.165) is 24.7 Å². The summed E-state index contributed by atoms with van der Waals surface area (Å²) in [6.07, 6.45) is 0. The first-order chi connectivity index (χ1) is 10.1. The fraction of sp³-hybridized carbons (Fsp3) is 0.333. The van der Waals surface area contributed by atoms with Crippen molar-refractivity contribution in [3.05, 3.63) is 64.2 Å². The van der Waals surface area contributed by atoms with Crippen molar-refractivity contribution < 1.29 is 0 Å². The van der Waals surface area contributed by atoms with Gasteiger partial charge in [-0.05, 0) is 54.4 Å². The van der Waals surface area contributed by atoms with Crippen LogP contribution in [-0.4, -0.2) is 13.6 Å². The summed E-state index contributed by atoms with van der Waals surface area (Å²) in [5, 5.41) is 4.16. The number of nitrogens with one attached hydrogen (secondary N) is 1. The number of nitrogens with zero attached hydrogens (tertiary/aromatic N) is 1. The smallest absolute Gasteiger partial charge is 0.0426 e. The molecule has 0 aliphatic carbocycles. The summed E-state index contributed by atoms with van der Waals surface area (Å²) in [5.41, 5.74) is 5.13. The molecule has 0 saturated heterocycles. The average molecular weight is 303 g/mol. The Morgan fingerprint density at radius 1 is 1.14 bits per heavy atom. The van der Waals surface area contributed by atoms with Gasteiger partial charge in [0.25, 0.3) is 0 Å². The largest absolute Gasteiger partial charge is 0.370 e. The number of benzene rings is 2. The second kappa shape index (κ2) is 7.48. The Kier molecular flexibility index (Phi) is 5.66. The molecule has 21 heavy (non-hydrogen) atoms. The van der Waals surface area contributed by atoms with Crippen molar-refractivity contribution in [3.63, 3.8) is 0 Å². The molecule has 0 radical (unpaired) electrons. The maximum Gasteiger partial charge on any atom is 0.0426 e. The predicted octanol–water partition coefficient (Wildman–Crippen LogP) is 4.39. The highest BCUT2D eigenvalue weighted by atomic mass is 35.5. The van der Waals surface area contributed by atoms with Crippen LogP contribution in [0.3, 0.4) is 0 Å². The molecule has 112 valence electrons. The quantitative estimate of drug-likeness (QED) is 0.851. The van der Waals surface area contributed by atoms with Crippen molar-refractivity contribution in [1.82, 2.24) is 5.32 Å². The lowest BCUT2D eigenvalue weighted by molar-refractivity contribution is 0.723. The molecule has 2 rings (SSSR count). The Balaban J connectivity index is 2.08. The summed E-state index contributed by atoms with van der Waals surface area (Å²) in [6.45, 7) is 7.08. The number of aryl methyl sites for hydroxylation is 1. The summed E-state index contributed by atoms with van der Waals surface area (Å²) >= 11 is 6.04. The molecule has 0 amide bonds.